The molecule has 9 nitrogen and oxygen atoms in total. The van der Waals surface area contributed by atoms with Crippen LogP contribution in [0.25, 0.3) is 16.6 Å². The third-order valence-electron chi connectivity index (χ3n) is 6.11. The van der Waals surface area contributed by atoms with Gasteiger partial charge in [0.1, 0.15) is 6.04 Å². The molecular formula is C26H29N5O4. The number of amides is 1. The van der Waals surface area contributed by atoms with Crippen molar-refractivity contribution in [3.8, 4) is 17.2 Å². The molecule has 0 fully saturated rings. The lowest BCUT2D eigenvalue weighted by atomic mass is 10.1. The lowest BCUT2D eigenvalue weighted by Gasteiger charge is -2.16. The molecule has 1 atom stereocenters. The molecule has 35 heavy (non-hydrogen) atoms. The molecule has 4 rings (SSSR count). The normalized spacial score (nSPS) is 11.9. The molecule has 0 spiro atoms. The van der Waals surface area contributed by atoms with E-state index in [-0.39, 0.29) is 18.0 Å². The van der Waals surface area contributed by atoms with E-state index in [9.17, 15) is 9.59 Å². The maximum absolute atomic E-state index is 13.3. The summed E-state index contributed by atoms with van der Waals surface area (Å²) in [6.07, 6.45) is 0. The molecule has 2 heterocycles. The number of rotatable bonds is 7. The standard InChI is InChI=1S/C26H29N5O4/c1-15-10-12-20(13-11-15)30-17(3)22-16(2)28-31(26(33)23(22)29-30)18(4)25(32)27-14-19-8-7-9-21(34-5)24(19)35-6/h7-13,18H,14H2,1-6H3,(H,27,32)/t18-/m0/s1. The molecule has 0 unspecified atom stereocenters. The van der Waals surface area contributed by atoms with E-state index in [0.717, 1.165) is 22.5 Å². The molecule has 0 saturated heterocycles. The van der Waals surface area contributed by atoms with E-state index in [1.165, 1.54) is 4.68 Å². The van der Waals surface area contributed by atoms with E-state index in [2.05, 4.69) is 15.5 Å². The highest BCUT2D eigenvalue weighted by Gasteiger charge is 2.23. The fourth-order valence-electron chi connectivity index (χ4n) is 4.18. The van der Waals surface area contributed by atoms with Gasteiger partial charge in [0.15, 0.2) is 17.0 Å². The van der Waals surface area contributed by atoms with Gasteiger partial charge in [0.2, 0.25) is 5.91 Å². The molecule has 0 radical (unpaired) electrons. The van der Waals surface area contributed by atoms with E-state index < -0.39 is 11.6 Å². The summed E-state index contributed by atoms with van der Waals surface area (Å²) in [5.41, 5.74) is 4.06. The Morgan fingerprint density at radius 3 is 2.40 bits per heavy atom. The highest BCUT2D eigenvalue weighted by molar-refractivity contribution is 5.84. The Hall–Kier alpha value is -4.14. The van der Waals surface area contributed by atoms with E-state index in [0.29, 0.717) is 22.6 Å². The van der Waals surface area contributed by atoms with Crippen LogP contribution >= 0.6 is 0 Å². The number of aryl methyl sites for hydroxylation is 3. The Balaban J connectivity index is 1.64. The first-order valence-electron chi connectivity index (χ1n) is 11.3. The number of nitrogens with one attached hydrogen (secondary N) is 1. The summed E-state index contributed by atoms with van der Waals surface area (Å²) in [5.74, 6) is 0.774. The van der Waals surface area contributed by atoms with Crippen molar-refractivity contribution in [2.75, 3.05) is 14.2 Å². The van der Waals surface area contributed by atoms with Crippen molar-refractivity contribution < 1.29 is 14.3 Å². The van der Waals surface area contributed by atoms with Crippen LogP contribution in [-0.4, -0.2) is 39.7 Å². The molecule has 2 aromatic carbocycles. The van der Waals surface area contributed by atoms with Crippen LogP contribution in [0, 0.1) is 20.8 Å². The average molecular weight is 476 g/mol. The summed E-state index contributed by atoms with van der Waals surface area (Å²) in [6.45, 7) is 7.59. The number of carbonyl (C=O) groups excluding carboxylic acids is 1. The Bertz CT molecular complexity index is 1450. The van der Waals surface area contributed by atoms with Gasteiger partial charge in [-0.2, -0.15) is 10.2 Å². The van der Waals surface area contributed by atoms with Gasteiger partial charge in [0.25, 0.3) is 5.56 Å². The molecule has 1 amide bonds. The summed E-state index contributed by atoms with van der Waals surface area (Å²) in [5, 5.41) is 12.6. The zero-order valence-corrected chi connectivity index (χ0v) is 20.7. The largest absolute Gasteiger partial charge is 0.493 e. The molecular weight excluding hydrogens is 446 g/mol. The number of carbonyl (C=O) groups is 1. The van der Waals surface area contributed by atoms with Crippen LogP contribution in [0.5, 0.6) is 11.5 Å². The van der Waals surface area contributed by atoms with Gasteiger partial charge < -0.3 is 14.8 Å². The first-order valence-corrected chi connectivity index (χ1v) is 11.3. The van der Waals surface area contributed by atoms with Crippen LogP contribution in [-0.2, 0) is 11.3 Å². The number of aromatic nitrogens is 4. The number of para-hydroxylation sites is 1. The SMILES string of the molecule is COc1cccc(CNC(=O)[C@H](C)n2nc(C)c3c(C)n(-c4ccc(C)cc4)nc3c2=O)c1OC. The van der Waals surface area contributed by atoms with Crippen molar-refractivity contribution in [2.24, 2.45) is 0 Å². The number of methoxy groups -OCH3 is 2. The fraction of sp³-hybridized carbons (Fsp3) is 0.308. The van der Waals surface area contributed by atoms with Gasteiger partial charge in [-0.15, -0.1) is 0 Å². The molecule has 4 aromatic rings. The monoisotopic (exact) mass is 475 g/mol. The van der Waals surface area contributed by atoms with Gasteiger partial charge in [-0.05, 0) is 45.9 Å². The van der Waals surface area contributed by atoms with Crippen LogP contribution < -0.4 is 20.3 Å². The van der Waals surface area contributed by atoms with Gasteiger partial charge >= 0.3 is 0 Å². The molecule has 0 aliphatic carbocycles. The molecule has 0 aliphatic heterocycles. The van der Waals surface area contributed by atoms with Crippen molar-refractivity contribution in [1.82, 2.24) is 24.9 Å². The lowest BCUT2D eigenvalue weighted by molar-refractivity contribution is -0.124. The second-order valence-electron chi connectivity index (χ2n) is 8.44. The molecule has 0 bridgehead atoms. The summed E-state index contributed by atoms with van der Waals surface area (Å²) < 4.78 is 13.7. The summed E-state index contributed by atoms with van der Waals surface area (Å²) >= 11 is 0. The molecule has 0 saturated carbocycles. The van der Waals surface area contributed by atoms with Crippen molar-refractivity contribution in [2.45, 2.75) is 40.3 Å². The summed E-state index contributed by atoms with van der Waals surface area (Å²) in [4.78, 5) is 26.3. The number of nitrogens with zero attached hydrogens (tertiary/aromatic N) is 4. The van der Waals surface area contributed by atoms with Crippen molar-refractivity contribution >= 4 is 16.8 Å². The van der Waals surface area contributed by atoms with Gasteiger partial charge in [0, 0.05) is 12.1 Å². The van der Waals surface area contributed by atoms with Gasteiger partial charge in [-0.3, -0.25) is 9.59 Å². The number of hydrogen-bond donors (Lipinski definition) is 1. The Kier molecular flexibility index (Phi) is 6.59. The van der Waals surface area contributed by atoms with Gasteiger partial charge in [-0.1, -0.05) is 29.8 Å². The van der Waals surface area contributed by atoms with Gasteiger partial charge in [-0.25, -0.2) is 9.36 Å². The van der Waals surface area contributed by atoms with Crippen LogP contribution in [0.3, 0.4) is 0 Å². The quantitative estimate of drug-likeness (QED) is 0.440. The smallest absolute Gasteiger partial charge is 0.295 e. The summed E-state index contributed by atoms with van der Waals surface area (Å²) in [7, 11) is 3.10. The van der Waals surface area contributed by atoms with Crippen LogP contribution in [0.2, 0.25) is 0 Å². The Labute approximate surface area is 203 Å². The minimum Gasteiger partial charge on any atom is -0.493 e. The Morgan fingerprint density at radius 2 is 1.74 bits per heavy atom. The lowest BCUT2D eigenvalue weighted by Crippen LogP contribution is -2.37. The third kappa shape index (κ3) is 4.37. The minimum atomic E-state index is -0.841. The predicted octanol–water partition coefficient (Wildman–Crippen LogP) is 3.40. The minimum absolute atomic E-state index is 0.209. The number of fused-ring (bicyclic) bond motifs is 1. The first-order chi connectivity index (χ1) is 16.8. The Morgan fingerprint density at radius 1 is 1.03 bits per heavy atom. The molecule has 1 N–H and O–H groups in total. The van der Waals surface area contributed by atoms with Crippen LogP contribution in [0.15, 0.2) is 47.3 Å². The maximum atomic E-state index is 13.3. The average Bonchev–Trinajstić information content (AvgIpc) is 3.22. The van der Waals surface area contributed by atoms with E-state index in [1.54, 1.807) is 31.9 Å². The van der Waals surface area contributed by atoms with Crippen molar-refractivity contribution in [3.63, 3.8) is 0 Å². The van der Waals surface area contributed by atoms with Crippen molar-refractivity contribution in [1.29, 1.82) is 0 Å². The third-order valence-corrected chi connectivity index (χ3v) is 6.11. The van der Waals surface area contributed by atoms with Crippen LogP contribution in [0.1, 0.15) is 35.5 Å². The van der Waals surface area contributed by atoms with Gasteiger partial charge in [0.05, 0.1) is 36.7 Å². The fourth-order valence-corrected chi connectivity index (χ4v) is 4.18. The second-order valence-corrected chi connectivity index (χ2v) is 8.44. The second kappa shape index (κ2) is 9.61. The van der Waals surface area contributed by atoms with E-state index in [1.807, 2.05) is 57.2 Å². The predicted molar refractivity (Wildman–Crippen MR) is 133 cm³/mol. The molecule has 0 aliphatic rings. The molecule has 2 aromatic heterocycles. The number of benzene rings is 2. The summed E-state index contributed by atoms with van der Waals surface area (Å²) in [6, 6.07) is 12.5. The maximum Gasteiger partial charge on any atom is 0.295 e. The van der Waals surface area contributed by atoms with E-state index >= 15 is 0 Å². The highest BCUT2D eigenvalue weighted by Crippen LogP contribution is 2.30. The van der Waals surface area contributed by atoms with Crippen molar-refractivity contribution in [3.05, 3.63) is 75.3 Å². The molecule has 182 valence electrons. The number of ether oxygens (including phenoxy) is 2. The molecule has 9 heteroatoms. The zero-order valence-electron chi connectivity index (χ0n) is 20.7. The van der Waals surface area contributed by atoms with Crippen LogP contribution in [0.4, 0.5) is 0 Å². The number of hydrogen-bond acceptors (Lipinski definition) is 6. The van der Waals surface area contributed by atoms with E-state index in [4.69, 9.17) is 9.47 Å². The zero-order chi connectivity index (χ0) is 25.3. The highest BCUT2D eigenvalue weighted by atomic mass is 16.5. The topological polar surface area (TPSA) is 100 Å². The first kappa shape index (κ1) is 24.0.